The van der Waals surface area contributed by atoms with Crippen LogP contribution in [0.5, 0.6) is 0 Å². The average Bonchev–Trinajstić information content (AvgIpc) is 3.14. The number of fused-ring (bicyclic) bond motifs is 1. The minimum Gasteiger partial charge on any atom is -0.352 e. The molecule has 0 spiro atoms. The van der Waals surface area contributed by atoms with Crippen molar-refractivity contribution in [3.63, 3.8) is 0 Å². The first-order valence-electron chi connectivity index (χ1n) is 7.70. The first kappa shape index (κ1) is 15.7. The highest BCUT2D eigenvalue weighted by Gasteiger charge is 2.15. The number of carbonyl (C=O) groups excluding carboxylic acids is 1. The van der Waals surface area contributed by atoms with E-state index in [-0.39, 0.29) is 24.3 Å². The van der Waals surface area contributed by atoms with Crippen LogP contribution in [0.4, 0.5) is 4.39 Å². The number of nitrogens with zero attached hydrogens (tertiary/aromatic N) is 1. The van der Waals surface area contributed by atoms with Gasteiger partial charge >= 0.3 is 0 Å². The lowest BCUT2D eigenvalue weighted by Crippen LogP contribution is -2.34. The lowest BCUT2D eigenvalue weighted by atomic mass is 10.2. The number of amides is 1. The Hall–Kier alpha value is -2.14. The fourth-order valence-corrected chi connectivity index (χ4v) is 3.36. The molecule has 0 aliphatic heterocycles. The van der Waals surface area contributed by atoms with Crippen LogP contribution in [-0.2, 0) is 11.3 Å². The van der Waals surface area contributed by atoms with Crippen LogP contribution < -0.4 is 5.32 Å². The summed E-state index contributed by atoms with van der Waals surface area (Å²) in [4.78, 5) is 13.4. The van der Waals surface area contributed by atoms with E-state index in [1.807, 2.05) is 42.0 Å². The van der Waals surface area contributed by atoms with Gasteiger partial charge in [0, 0.05) is 16.9 Å². The zero-order valence-corrected chi connectivity index (χ0v) is 14.0. The van der Waals surface area contributed by atoms with Crippen LogP contribution in [0.25, 0.3) is 21.5 Å². The van der Waals surface area contributed by atoms with Gasteiger partial charge in [-0.25, -0.2) is 4.39 Å². The third-order valence-corrected chi connectivity index (χ3v) is 4.85. The Bertz CT molecular complexity index is 823. The summed E-state index contributed by atoms with van der Waals surface area (Å²) in [6.45, 7) is 4.25. The molecule has 5 heteroatoms. The van der Waals surface area contributed by atoms with Crippen molar-refractivity contribution in [1.29, 1.82) is 0 Å². The van der Waals surface area contributed by atoms with E-state index < -0.39 is 0 Å². The summed E-state index contributed by atoms with van der Waals surface area (Å²) in [6.07, 6.45) is 0.890. The summed E-state index contributed by atoms with van der Waals surface area (Å²) >= 11 is 1.61. The number of hydrogen-bond donors (Lipinski definition) is 1. The van der Waals surface area contributed by atoms with Crippen molar-refractivity contribution in [2.45, 2.75) is 32.9 Å². The van der Waals surface area contributed by atoms with Gasteiger partial charge in [-0.2, -0.15) is 0 Å². The maximum atomic E-state index is 13.5. The molecule has 23 heavy (non-hydrogen) atoms. The van der Waals surface area contributed by atoms with Crippen molar-refractivity contribution in [2.75, 3.05) is 0 Å². The van der Waals surface area contributed by atoms with Gasteiger partial charge in [-0.1, -0.05) is 13.0 Å². The summed E-state index contributed by atoms with van der Waals surface area (Å²) in [5.74, 6) is -0.296. The fraction of sp³-hybridized carbons (Fsp3) is 0.278. The maximum Gasteiger partial charge on any atom is 0.240 e. The molecule has 1 atom stereocenters. The Kier molecular flexibility index (Phi) is 4.48. The molecule has 0 aliphatic carbocycles. The first-order valence-corrected chi connectivity index (χ1v) is 8.58. The third kappa shape index (κ3) is 3.29. The van der Waals surface area contributed by atoms with Crippen LogP contribution in [0.1, 0.15) is 20.3 Å². The lowest BCUT2D eigenvalue weighted by Gasteiger charge is -2.14. The van der Waals surface area contributed by atoms with Crippen LogP contribution in [0.2, 0.25) is 0 Å². The van der Waals surface area contributed by atoms with Gasteiger partial charge in [-0.05, 0) is 49.1 Å². The van der Waals surface area contributed by atoms with Crippen LogP contribution in [0.15, 0.2) is 41.8 Å². The van der Waals surface area contributed by atoms with Crippen molar-refractivity contribution in [2.24, 2.45) is 0 Å². The second-order valence-electron chi connectivity index (χ2n) is 5.67. The third-order valence-electron chi connectivity index (χ3n) is 3.96. The molecular weight excluding hydrogens is 311 g/mol. The Morgan fingerprint density at radius 2 is 2.17 bits per heavy atom. The van der Waals surface area contributed by atoms with E-state index in [0.29, 0.717) is 0 Å². The Morgan fingerprint density at radius 3 is 2.87 bits per heavy atom. The number of halogens is 1. The van der Waals surface area contributed by atoms with E-state index in [4.69, 9.17) is 0 Å². The van der Waals surface area contributed by atoms with E-state index in [2.05, 4.69) is 5.32 Å². The Balaban J connectivity index is 2.02. The van der Waals surface area contributed by atoms with Gasteiger partial charge in [0.05, 0.1) is 10.6 Å². The van der Waals surface area contributed by atoms with Crippen molar-refractivity contribution in [3.05, 3.63) is 47.6 Å². The highest BCUT2D eigenvalue weighted by atomic mass is 32.1. The standard InChI is InChI=1S/C18H19FN2OS/c1-3-12(2)20-18(22)11-21-15-7-6-14(19)9-13(15)10-16(21)17-5-4-8-23-17/h4-10,12H,3,11H2,1-2H3,(H,20,22). The van der Waals surface area contributed by atoms with Gasteiger partial charge in [0.25, 0.3) is 0 Å². The Labute approximate surface area is 138 Å². The topological polar surface area (TPSA) is 34.0 Å². The first-order chi connectivity index (χ1) is 11.1. The number of rotatable bonds is 5. The highest BCUT2D eigenvalue weighted by Crippen LogP contribution is 2.31. The molecule has 0 saturated heterocycles. The zero-order valence-electron chi connectivity index (χ0n) is 13.2. The number of hydrogen-bond acceptors (Lipinski definition) is 2. The zero-order chi connectivity index (χ0) is 16.4. The second-order valence-corrected chi connectivity index (χ2v) is 6.62. The average molecular weight is 330 g/mol. The van der Waals surface area contributed by atoms with Gasteiger partial charge < -0.3 is 9.88 Å². The molecule has 2 aromatic heterocycles. The van der Waals surface area contributed by atoms with Crippen molar-refractivity contribution in [1.82, 2.24) is 9.88 Å². The molecule has 2 heterocycles. The number of carbonyl (C=O) groups is 1. The molecule has 3 rings (SSSR count). The van der Waals surface area contributed by atoms with Gasteiger partial charge in [0.1, 0.15) is 12.4 Å². The summed E-state index contributed by atoms with van der Waals surface area (Å²) in [5, 5.41) is 5.79. The minimum absolute atomic E-state index is 0.0287. The number of benzene rings is 1. The van der Waals surface area contributed by atoms with E-state index in [0.717, 1.165) is 27.9 Å². The molecule has 0 saturated carbocycles. The van der Waals surface area contributed by atoms with Crippen LogP contribution in [-0.4, -0.2) is 16.5 Å². The molecule has 3 nitrogen and oxygen atoms in total. The van der Waals surface area contributed by atoms with E-state index in [1.54, 1.807) is 17.4 Å². The monoisotopic (exact) mass is 330 g/mol. The number of nitrogens with one attached hydrogen (secondary N) is 1. The fourth-order valence-electron chi connectivity index (χ4n) is 2.61. The van der Waals surface area contributed by atoms with Crippen molar-refractivity contribution < 1.29 is 9.18 Å². The smallest absolute Gasteiger partial charge is 0.240 e. The lowest BCUT2D eigenvalue weighted by molar-refractivity contribution is -0.122. The van der Waals surface area contributed by atoms with Gasteiger partial charge in [0.15, 0.2) is 0 Å². The molecule has 0 fully saturated rings. The van der Waals surface area contributed by atoms with Crippen LogP contribution in [0, 0.1) is 5.82 Å². The minimum atomic E-state index is -0.267. The molecule has 0 bridgehead atoms. The second kappa shape index (κ2) is 6.54. The number of thiophene rings is 1. The van der Waals surface area contributed by atoms with Gasteiger partial charge in [-0.3, -0.25) is 4.79 Å². The summed E-state index contributed by atoms with van der Waals surface area (Å²) < 4.78 is 15.5. The number of aromatic nitrogens is 1. The molecule has 1 unspecified atom stereocenters. The van der Waals surface area contributed by atoms with Crippen LogP contribution >= 0.6 is 11.3 Å². The summed E-state index contributed by atoms with van der Waals surface area (Å²) in [5.41, 5.74) is 1.81. The molecule has 0 radical (unpaired) electrons. The van der Waals surface area contributed by atoms with E-state index >= 15 is 0 Å². The predicted octanol–water partition coefficient (Wildman–Crippen LogP) is 4.42. The molecular formula is C18H19FN2OS. The van der Waals surface area contributed by atoms with Crippen LogP contribution in [0.3, 0.4) is 0 Å². The summed E-state index contributed by atoms with van der Waals surface area (Å²) in [7, 11) is 0. The summed E-state index contributed by atoms with van der Waals surface area (Å²) in [6, 6.07) is 10.8. The van der Waals surface area contributed by atoms with Gasteiger partial charge in [0.2, 0.25) is 5.91 Å². The van der Waals surface area contributed by atoms with Gasteiger partial charge in [-0.15, -0.1) is 11.3 Å². The molecule has 1 N–H and O–H groups in total. The molecule has 0 aliphatic rings. The van der Waals surface area contributed by atoms with E-state index in [9.17, 15) is 9.18 Å². The maximum absolute atomic E-state index is 13.5. The normalized spacial score (nSPS) is 12.5. The SMILES string of the molecule is CCC(C)NC(=O)Cn1c(-c2cccs2)cc2cc(F)ccc21. The van der Waals surface area contributed by atoms with E-state index in [1.165, 1.54) is 12.1 Å². The highest BCUT2D eigenvalue weighted by molar-refractivity contribution is 7.13. The predicted molar refractivity (Wildman–Crippen MR) is 93.1 cm³/mol. The van der Waals surface area contributed by atoms with Crippen molar-refractivity contribution in [3.8, 4) is 10.6 Å². The largest absolute Gasteiger partial charge is 0.352 e. The molecule has 1 aromatic carbocycles. The molecule has 1 amide bonds. The Morgan fingerprint density at radius 1 is 1.35 bits per heavy atom. The quantitative estimate of drug-likeness (QED) is 0.738. The van der Waals surface area contributed by atoms with Crippen molar-refractivity contribution >= 4 is 28.1 Å². The molecule has 120 valence electrons. The molecule has 3 aromatic rings.